The van der Waals surface area contributed by atoms with Crippen LogP contribution in [0.4, 0.5) is 0 Å². The van der Waals surface area contributed by atoms with E-state index in [1.807, 2.05) is 30.3 Å². The van der Waals surface area contributed by atoms with Crippen LogP contribution in [-0.4, -0.2) is 44.2 Å². The molecule has 2 aliphatic heterocycles. The Hall–Kier alpha value is -1.99. The lowest BCUT2D eigenvalue weighted by atomic mass is 10.00. The van der Waals surface area contributed by atoms with Crippen LogP contribution < -0.4 is 10.6 Å². The van der Waals surface area contributed by atoms with Crippen molar-refractivity contribution < 1.29 is 4.79 Å². The molecule has 4 rings (SSSR count). The van der Waals surface area contributed by atoms with E-state index in [2.05, 4.69) is 26.0 Å². The average Bonchev–Trinajstić information content (AvgIpc) is 3.15. The van der Waals surface area contributed by atoms with Gasteiger partial charge in [-0.1, -0.05) is 30.3 Å². The number of benzene rings is 1. The predicted molar refractivity (Wildman–Crippen MR) is 91.6 cm³/mol. The SMILES string of the molecule is Cl.O=C(Cn1nnc(-c2ccccc2)n1)NC1CC2CCC(C1)N2. The largest absolute Gasteiger partial charge is 0.352 e. The van der Waals surface area contributed by atoms with E-state index in [4.69, 9.17) is 0 Å². The first-order valence-corrected chi connectivity index (χ1v) is 8.15. The highest BCUT2D eigenvalue weighted by molar-refractivity contribution is 5.85. The lowest BCUT2D eigenvalue weighted by Gasteiger charge is -2.29. The molecule has 0 radical (unpaired) electrons. The summed E-state index contributed by atoms with van der Waals surface area (Å²) < 4.78 is 0. The Morgan fingerprint density at radius 3 is 2.62 bits per heavy atom. The Morgan fingerprint density at radius 1 is 1.21 bits per heavy atom. The molecule has 24 heavy (non-hydrogen) atoms. The summed E-state index contributed by atoms with van der Waals surface area (Å²) in [4.78, 5) is 13.6. The highest BCUT2D eigenvalue weighted by Gasteiger charge is 2.33. The summed E-state index contributed by atoms with van der Waals surface area (Å²) >= 11 is 0. The molecule has 2 aromatic rings. The third-order valence-electron chi connectivity index (χ3n) is 4.61. The number of piperidine rings is 1. The third-order valence-corrected chi connectivity index (χ3v) is 4.61. The van der Waals surface area contributed by atoms with Crippen LogP contribution in [0.25, 0.3) is 11.4 Å². The maximum atomic E-state index is 12.2. The van der Waals surface area contributed by atoms with Crippen LogP contribution in [0, 0.1) is 0 Å². The Labute approximate surface area is 146 Å². The highest BCUT2D eigenvalue weighted by Crippen LogP contribution is 2.26. The molecule has 2 aliphatic rings. The smallest absolute Gasteiger partial charge is 0.243 e. The van der Waals surface area contributed by atoms with Crippen LogP contribution in [0.5, 0.6) is 0 Å². The van der Waals surface area contributed by atoms with Crippen molar-refractivity contribution in [2.45, 2.75) is 50.4 Å². The van der Waals surface area contributed by atoms with E-state index in [0.717, 1.165) is 18.4 Å². The number of carbonyl (C=O) groups excluding carboxylic acids is 1. The van der Waals surface area contributed by atoms with Gasteiger partial charge in [-0.05, 0) is 30.9 Å². The van der Waals surface area contributed by atoms with Crippen LogP contribution in [0.3, 0.4) is 0 Å². The summed E-state index contributed by atoms with van der Waals surface area (Å²) in [5, 5.41) is 18.9. The fourth-order valence-corrected chi connectivity index (χ4v) is 3.59. The van der Waals surface area contributed by atoms with E-state index in [1.54, 1.807) is 0 Å². The van der Waals surface area contributed by atoms with Crippen molar-refractivity contribution in [3.63, 3.8) is 0 Å². The predicted octanol–water partition coefficient (Wildman–Crippen LogP) is 1.16. The minimum Gasteiger partial charge on any atom is -0.352 e. The van der Waals surface area contributed by atoms with Gasteiger partial charge in [0.2, 0.25) is 11.7 Å². The molecule has 0 spiro atoms. The van der Waals surface area contributed by atoms with Crippen molar-refractivity contribution in [2.24, 2.45) is 0 Å². The fourth-order valence-electron chi connectivity index (χ4n) is 3.59. The van der Waals surface area contributed by atoms with Gasteiger partial charge in [0.1, 0.15) is 6.54 Å². The first-order chi connectivity index (χ1) is 11.3. The van der Waals surface area contributed by atoms with Crippen LogP contribution >= 0.6 is 12.4 Å². The quantitative estimate of drug-likeness (QED) is 0.866. The zero-order chi connectivity index (χ0) is 15.6. The van der Waals surface area contributed by atoms with E-state index in [0.29, 0.717) is 17.9 Å². The van der Waals surface area contributed by atoms with Gasteiger partial charge in [0, 0.05) is 23.7 Å². The van der Waals surface area contributed by atoms with Crippen molar-refractivity contribution in [2.75, 3.05) is 0 Å². The van der Waals surface area contributed by atoms with Gasteiger partial charge in [-0.2, -0.15) is 4.80 Å². The summed E-state index contributed by atoms with van der Waals surface area (Å²) in [6.45, 7) is 0.110. The standard InChI is InChI=1S/C16H20N6O.ClH/c23-15(18-14-8-12-6-7-13(9-14)17-12)10-22-20-16(19-21-22)11-4-2-1-3-5-11;/h1-5,12-14,17H,6-10H2,(H,18,23);1H. The summed E-state index contributed by atoms with van der Waals surface area (Å²) in [5.41, 5.74) is 0.897. The van der Waals surface area contributed by atoms with Crippen molar-refractivity contribution in [3.8, 4) is 11.4 Å². The zero-order valence-corrected chi connectivity index (χ0v) is 14.1. The summed E-state index contributed by atoms with van der Waals surface area (Å²) in [6.07, 6.45) is 4.48. The third kappa shape index (κ3) is 3.73. The molecule has 3 heterocycles. The lowest BCUT2D eigenvalue weighted by Crippen LogP contribution is -2.48. The summed E-state index contributed by atoms with van der Waals surface area (Å²) in [6, 6.07) is 11.0. The molecule has 1 aromatic carbocycles. The number of carbonyl (C=O) groups is 1. The first-order valence-electron chi connectivity index (χ1n) is 8.15. The topological polar surface area (TPSA) is 84.7 Å². The average molecular weight is 349 g/mol. The second-order valence-corrected chi connectivity index (χ2v) is 6.38. The number of tetrazole rings is 1. The van der Waals surface area contributed by atoms with Crippen LogP contribution in [0.2, 0.25) is 0 Å². The first kappa shape index (κ1) is 16.9. The van der Waals surface area contributed by atoms with E-state index in [-0.39, 0.29) is 30.9 Å². The van der Waals surface area contributed by atoms with Gasteiger partial charge < -0.3 is 10.6 Å². The van der Waals surface area contributed by atoms with Gasteiger partial charge >= 0.3 is 0 Å². The molecule has 1 amide bonds. The highest BCUT2D eigenvalue weighted by atomic mass is 35.5. The lowest BCUT2D eigenvalue weighted by molar-refractivity contribution is -0.123. The maximum absolute atomic E-state index is 12.2. The number of rotatable bonds is 4. The fraction of sp³-hybridized carbons (Fsp3) is 0.500. The number of hydrogen-bond acceptors (Lipinski definition) is 5. The van der Waals surface area contributed by atoms with E-state index < -0.39 is 0 Å². The minimum absolute atomic E-state index is 0. The minimum atomic E-state index is -0.0479. The van der Waals surface area contributed by atoms with Crippen LogP contribution in [0.1, 0.15) is 25.7 Å². The molecule has 2 unspecified atom stereocenters. The van der Waals surface area contributed by atoms with Gasteiger partial charge in [-0.15, -0.1) is 22.6 Å². The number of nitrogens with zero attached hydrogens (tertiary/aromatic N) is 4. The van der Waals surface area contributed by atoms with Gasteiger partial charge in [-0.3, -0.25) is 4.79 Å². The monoisotopic (exact) mass is 348 g/mol. The summed E-state index contributed by atoms with van der Waals surface area (Å²) in [7, 11) is 0. The molecule has 2 saturated heterocycles. The molecular weight excluding hydrogens is 328 g/mol. The van der Waals surface area contributed by atoms with Gasteiger partial charge in [0.25, 0.3) is 0 Å². The molecule has 2 N–H and O–H groups in total. The number of hydrogen-bond donors (Lipinski definition) is 2. The molecule has 8 heteroatoms. The molecule has 2 atom stereocenters. The van der Waals surface area contributed by atoms with Gasteiger partial charge in [0.15, 0.2) is 0 Å². The van der Waals surface area contributed by atoms with Crippen molar-refractivity contribution >= 4 is 18.3 Å². The number of nitrogens with one attached hydrogen (secondary N) is 2. The molecule has 0 aliphatic carbocycles. The number of halogens is 1. The van der Waals surface area contributed by atoms with Crippen molar-refractivity contribution in [1.82, 2.24) is 30.8 Å². The molecule has 2 fully saturated rings. The van der Waals surface area contributed by atoms with Crippen LogP contribution in [-0.2, 0) is 11.3 Å². The number of amides is 1. The molecule has 1 aromatic heterocycles. The van der Waals surface area contributed by atoms with E-state index in [1.165, 1.54) is 17.6 Å². The molecule has 128 valence electrons. The molecule has 2 bridgehead atoms. The number of aromatic nitrogens is 4. The Balaban J connectivity index is 0.00000169. The normalized spacial score (nSPS) is 25.1. The summed E-state index contributed by atoms with van der Waals surface area (Å²) in [5.74, 6) is 0.492. The Morgan fingerprint density at radius 2 is 1.92 bits per heavy atom. The van der Waals surface area contributed by atoms with E-state index in [9.17, 15) is 4.79 Å². The Bertz CT molecular complexity index is 679. The molecule has 0 saturated carbocycles. The second-order valence-electron chi connectivity index (χ2n) is 6.38. The maximum Gasteiger partial charge on any atom is 0.243 e. The number of fused-ring (bicyclic) bond motifs is 2. The van der Waals surface area contributed by atoms with E-state index >= 15 is 0 Å². The zero-order valence-electron chi connectivity index (χ0n) is 13.3. The molecule has 7 nitrogen and oxygen atoms in total. The second kappa shape index (κ2) is 7.27. The van der Waals surface area contributed by atoms with Gasteiger partial charge in [-0.25, -0.2) is 0 Å². The molecular formula is C16H21ClN6O. The van der Waals surface area contributed by atoms with Gasteiger partial charge in [0.05, 0.1) is 0 Å². The Kier molecular flexibility index (Phi) is 5.11. The van der Waals surface area contributed by atoms with Crippen LogP contribution in [0.15, 0.2) is 30.3 Å². The van der Waals surface area contributed by atoms with Crippen molar-refractivity contribution in [3.05, 3.63) is 30.3 Å². The van der Waals surface area contributed by atoms with Crippen molar-refractivity contribution in [1.29, 1.82) is 0 Å².